The molecule has 0 aliphatic heterocycles. The first-order chi connectivity index (χ1) is 12.5. The van der Waals surface area contributed by atoms with Crippen molar-refractivity contribution in [2.45, 2.75) is 26.3 Å². The van der Waals surface area contributed by atoms with Gasteiger partial charge in [0.05, 0.1) is 11.3 Å². The number of esters is 1. The molecular weight excluding hydrogens is 338 g/mol. The summed E-state index contributed by atoms with van der Waals surface area (Å²) in [7, 11) is 0. The predicted molar refractivity (Wildman–Crippen MR) is 92.5 cm³/mol. The average Bonchev–Trinajstić information content (AvgIpc) is 3.19. The molecule has 2 aromatic rings. The van der Waals surface area contributed by atoms with E-state index in [1.165, 1.54) is 12.7 Å². The molecule has 9 nitrogen and oxygen atoms in total. The molecular formula is C17H21N5O4. The number of benzene rings is 1. The molecule has 138 valence electrons. The Hall–Kier alpha value is -3.23. The number of nitrogens with zero attached hydrogens (tertiary/aromatic N) is 3. The molecule has 1 atom stereocenters. The number of hydrogen-bond donors (Lipinski definition) is 2. The van der Waals surface area contributed by atoms with Gasteiger partial charge in [0.2, 0.25) is 5.91 Å². The van der Waals surface area contributed by atoms with E-state index in [2.05, 4.69) is 20.7 Å². The third-order valence-corrected chi connectivity index (χ3v) is 3.44. The molecule has 1 heterocycles. The van der Waals surface area contributed by atoms with Gasteiger partial charge in [0, 0.05) is 6.54 Å². The van der Waals surface area contributed by atoms with Gasteiger partial charge in [0.15, 0.2) is 6.61 Å². The Balaban J connectivity index is 1.80. The smallest absolute Gasteiger partial charge is 0.338 e. The van der Waals surface area contributed by atoms with Gasteiger partial charge in [-0.15, -0.1) is 0 Å². The summed E-state index contributed by atoms with van der Waals surface area (Å²) in [6.07, 6.45) is 3.75. The summed E-state index contributed by atoms with van der Waals surface area (Å²) >= 11 is 0. The molecule has 2 rings (SSSR count). The van der Waals surface area contributed by atoms with Crippen LogP contribution in [-0.4, -0.2) is 51.7 Å². The second kappa shape index (κ2) is 9.30. The zero-order valence-electron chi connectivity index (χ0n) is 14.6. The lowest BCUT2D eigenvalue weighted by atomic mass is 10.2. The average molecular weight is 359 g/mol. The number of rotatable bonds is 8. The maximum Gasteiger partial charge on any atom is 0.338 e. The van der Waals surface area contributed by atoms with Crippen LogP contribution in [0.5, 0.6) is 0 Å². The molecule has 0 aliphatic carbocycles. The Bertz CT molecular complexity index is 743. The molecule has 2 N–H and O–H groups in total. The topological polar surface area (TPSA) is 115 Å². The molecule has 1 aromatic heterocycles. The summed E-state index contributed by atoms with van der Waals surface area (Å²) in [6.45, 7) is 3.57. The van der Waals surface area contributed by atoms with Crippen LogP contribution in [0.15, 0.2) is 36.9 Å². The highest BCUT2D eigenvalue weighted by atomic mass is 16.5. The van der Waals surface area contributed by atoms with Gasteiger partial charge in [0.1, 0.15) is 18.7 Å². The molecule has 0 fully saturated rings. The molecule has 0 aliphatic rings. The Kier molecular flexibility index (Phi) is 6.84. The predicted octanol–water partition coefficient (Wildman–Crippen LogP) is 0.455. The number of hydrogen-bond acceptors (Lipinski definition) is 6. The summed E-state index contributed by atoms with van der Waals surface area (Å²) in [5.74, 6) is -1.46. The largest absolute Gasteiger partial charge is 0.452 e. The number of aromatic nitrogens is 3. The van der Waals surface area contributed by atoms with Gasteiger partial charge < -0.3 is 15.4 Å². The minimum atomic E-state index is -0.699. The number of carbonyl (C=O) groups excluding carboxylic acids is 3. The summed E-state index contributed by atoms with van der Waals surface area (Å²) in [4.78, 5) is 39.3. The number of amides is 2. The first-order valence-electron chi connectivity index (χ1n) is 8.20. The first kappa shape index (κ1) is 19.1. The fourth-order valence-electron chi connectivity index (χ4n) is 2.06. The molecule has 26 heavy (non-hydrogen) atoms. The van der Waals surface area contributed by atoms with E-state index in [-0.39, 0.29) is 5.91 Å². The lowest BCUT2D eigenvalue weighted by Gasteiger charge is -2.13. The van der Waals surface area contributed by atoms with E-state index in [9.17, 15) is 14.4 Å². The molecule has 1 aromatic carbocycles. The van der Waals surface area contributed by atoms with Gasteiger partial charge in [-0.3, -0.25) is 9.59 Å². The summed E-state index contributed by atoms with van der Waals surface area (Å²) in [5.41, 5.74) is 1.04. The van der Waals surface area contributed by atoms with E-state index < -0.39 is 24.5 Å². The van der Waals surface area contributed by atoms with Gasteiger partial charge in [-0.05, 0) is 37.6 Å². The molecule has 0 saturated heterocycles. The summed E-state index contributed by atoms with van der Waals surface area (Å²) in [6, 6.07) is 5.81. The third kappa shape index (κ3) is 5.40. The van der Waals surface area contributed by atoms with Gasteiger partial charge in [-0.2, -0.15) is 5.10 Å². The fourth-order valence-corrected chi connectivity index (χ4v) is 2.06. The van der Waals surface area contributed by atoms with Crippen molar-refractivity contribution in [3.8, 4) is 5.69 Å². The van der Waals surface area contributed by atoms with Crippen molar-refractivity contribution < 1.29 is 19.1 Å². The minimum absolute atomic E-state index is 0.282. The van der Waals surface area contributed by atoms with E-state index in [1.54, 1.807) is 35.9 Å². The van der Waals surface area contributed by atoms with Crippen molar-refractivity contribution in [2.24, 2.45) is 0 Å². The van der Waals surface area contributed by atoms with Crippen molar-refractivity contribution in [3.63, 3.8) is 0 Å². The maximum absolute atomic E-state index is 12.0. The molecule has 0 bridgehead atoms. The van der Waals surface area contributed by atoms with E-state index in [4.69, 9.17) is 4.74 Å². The van der Waals surface area contributed by atoms with Crippen LogP contribution >= 0.6 is 0 Å². The van der Waals surface area contributed by atoms with Gasteiger partial charge >= 0.3 is 5.97 Å². The van der Waals surface area contributed by atoms with Gasteiger partial charge in [0.25, 0.3) is 5.91 Å². The molecule has 0 saturated carbocycles. The quantitative estimate of drug-likeness (QED) is 0.662. The van der Waals surface area contributed by atoms with Crippen molar-refractivity contribution in [1.29, 1.82) is 0 Å². The molecule has 0 radical (unpaired) electrons. The monoisotopic (exact) mass is 359 g/mol. The summed E-state index contributed by atoms with van der Waals surface area (Å²) in [5, 5.41) is 9.13. The molecule has 2 amide bonds. The fraction of sp³-hybridized carbons (Fsp3) is 0.353. The Morgan fingerprint density at radius 2 is 1.96 bits per heavy atom. The van der Waals surface area contributed by atoms with Crippen LogP contribution in [0.1, 0.15) is 30.6 Å². The normalized spacial score (nSPS) is 11.5. The lowest BCUT2D eigenvalue weighted by molar-refractivity contribution is -0.130. The number of carbonyl (C=O) groups is 3. The van der Waals surface area contributed by atoms with E-state index in [1.807, 2.05) is 6.92 Å². The highest BCUT2D eigenvalue weighted by Crippen LogP contribution is 2.09. The van der Waals surface area contributed by atoms with Crippen LogP contribution in [0.3, 0.4) is 0 Å². The Morgan fingerprint density at radius 1 is 1.23 bits per heavy atom. The minimum Gasteiger partial charge on any atom is -0.452 e. The lowest BCUT2D eigenvalue weighted by Crippen LogP contribution is -2.46. The maximum atomic E-state index is 12.0. The van der Waals surface area contributed by atoms with Gasteiger partial charge in [-0.25, -0.2) is 14.5 Å². The van der Waals surface area contributed by atoms with Crippen LogP contribution in [0.4, 0.5) is 0 Å². The Labute approximate surface area is 150 Å². The van der Waals surface area contributed by atoms with Crippen molar-refractivity contribution >= 4 is 17.8 Å². The highest BCUT2D eigenvalue weighted by Gasteiger charge is 2.16. The van der Waals surface area contributed by atoms with Crippen LogP contribution < -0.4 is 10.6 Å². The van der Waals surface area contributed by atoms with Crippen LogP contribution in [0.2, 0.25) is 0 Å². The van der Waals surface area contributed by atoms with E-state index >= 15 is 0 Å². The first-order valence-corrected chi connectivity index (χ1v) is 8.20. The van der Waals surface area contributed by atoms with Crippen molar-refractivity contribution in [2.75, 3.05) is 13.2 Å². The number of nitrogens with one attached hydrogen (secondary N) is 2. The van der Waals surface area contributed by atoms with Crippen LogP contribution in [0, 0.1) is 0 Å². The third-order valence-electron chi connectivity index (χ3n) is 3.44. The van der Waals surface area contributed by atoms with Crippen molar-refractivity contribution in [3.05, 3.63) is 42.5 Å². The molecule has 0 spiro atoms. The highest BCUT2D eigenvalue weighted by molar-refractivity contribution is 5.92. The Morgan fingerprint density at radius 3 is 2.58 bits per heavy atom. The second-order valence-corrected chi connectivity index (χ2v) is 5.54. The SMILES string of the molecule is CCCNC(=O)[C@H](C)NC(=O)COC(=O)c1ccc(-n2cncn2)cc1. The van der Waals surface area contributed by atoms with Crippen molar-refractivity contribution in [1.82, 2.24) is 25.4 Å². The second-order valence-electron chi connectivity index (χ2n) is 5.54. The zero-order valence-corrected chi connectivity index (χ0v) is 14.6. The van der Waals surface area contributed by atoms with Gasteiger partial charge in [-0.1, -0.05) is 6.92 Å². The van der Waals surface area contributed by atoms with E-state index in [0.717, 1.165) is 12.1 Å². The zero-order chi connectivity index (χ0) is 18.9. The molecule has 0 unspecified atom stereocenters. The van der Waals surface area contributed by atoms with Crippen LogP contribution in [-0.2, 0) is 14.3 Å². The van der Waals surface area contributed by atoms with E-state index in [0.29, 0.717) is 12.1 Å². The molecule has 9 heteroatoms. The number of ether oxygens (including phenoxy) is 1. The standard InChI is InChI=1S/C17H21N5O4/c1-3-8-19-16(24)12(2)21-15(23)9-26-17(25)13-4-6-14(7-5-13)22-11-18-10-20-22/h4-7,10-12H,3,8-9H2,1-2H3,(H,19,24)(H,21,23)/t12-/m0/s1. The van der Waals surface area contributed by atoms with Crippen LogP contribution in [0.25, 0.3) is 5.69 Å². The summed E-state index contributed by atoms with van der Waals surface area (Å²) < 4.78 is 6.51.